The summed E-state index contributed by atoms with van der Waals surface area (Å²) < 4.78 is 33.0. The Morgan fingerprint density at radius 2 is 1.72 bits per heavy atom. The lowest BCUT2D eigenvalue weighted by atomic mass is 10.0. The molecule has 2 aromatic carbocycles. The lowest BCUT2D eigenvalue weighted by molar-refractivity contribution is 0.0693. The van der Waals surface area contributed by atoms with Crippen molar-refractivity contribution in [3.05, 3.63) is 59.8 Å². The summed E-state index contributed by atoms with van der Waals surface area (Å²) in [6.45, 7) is 7.89. The van der Waals surface area contributed by atoms with Gasteiger partial charge in [0, 0.05) is 43.1 Å². The van der Waals surface area contributed by atoms with E-state index in [9.17, 15) is 13.2 Å². The summed E-state index contributed by atoms with van der Waals surface area (Å²) in [5, 5.41) is 0.933. The normalized spacial score (nSPS) is 15.4. The highest BCUT2D eigenvalue weighted by Crippen LogP contribution is 2.24. The summed E-state index contributed by atoms with van der Waals surface area (Å²) in [6.07, 6.45) is 0. The van der Waals surface area contributed by atoms with Crippen molar-refractivity contribution >= 4 is 26.8 Å². The lowest BCUT2D eigenvalue weighted by Crippen LogP contribution is -2.50. The number of H-pyrrole nitrogens is 1. The van der Waals surface area contributed by atoms with E-state index in [1.54, 1.807) is 17.0 Å². The first kappa shape index (κ1) is 22.4. The number of fused-ring (bicyclic) bond motifs is 1. The van der Waals surface area contributed by atoms with E-state index < -0.39 is 10.0 Å². The van der Waals surface area contributed by atoms with Gasteiger partial charge in [-0.15, -0.1) is 0 Å². The van der Waals surface area contributed by atoms with Crippen LogP contribution in [0.4, 0.5) is 0 Å². The second-order valence-corrected chi connectivity index (χ2v) is 10.2. The smallest absolute Gasteiger partial charge is 0.270 e. The maximum atomic E-state index is 13.0. The molecule has 0 radical (unpaired) electrons. The van der Waals surface area contributed by atoms with Crippen molar-refractivity contribution in [3.8, 4) is 5.75 Å². The average molecular weight is 456 g/mol. The highest BCUT2D eigenvalue weighted by Gasteiger charge is 2.31. The number of aromatic nitrogens is 1. The molecule has 0 saturated carbocycles. The van der Waals surface area contributed by atoms with Crippen LogP contribution in [0, 0.1) is 0 Å². The summed E-state index contributed by atoms with van der Waals surface area (Å²) in [6, 6.07) is 14.6. The van der Waals surface area contributed by atoms with Gasteiger partial charge in [-0.05, 0) is 48.7 Å². The van der Waals surface area contributed by atoms with Crippen LogP contribution < -0.4 is 4.74 Å². The number of rotatable bonds is 6. The predicted molar refractivity (Wildman–Crippen MR) is 125 cm³/mol. The number of hydrogen-bond donors (Lipinski definition) is 1. The van der Waals surface area contributed by atoms with Gasteiger partial charge >= 0.3 is 0 Å². The molecule has 0 spiro atoms. The Labute approximate surface area is 189 Å². The summed E-state index contributed by atoms with van der Waals surface area (Å²) in [5.74, 6) is 0.968. The van der Waals surface area contributed by atoms with Crippen LogP contribution in [0.5, 0.6) is 5.75 Å². The van der Waals surface area contributed by atoms with Crippen molar-refractivity contribution < 1.29 is 17.9 Å². The molecule has 1 aliphatic rings. The summed E-state index contributed by atoms with van der Waals surface area (Å²) in [5.41, 5.74) is 2.44. The number of piperazine rings is 1. The molecular weight excluding hydrogens is 426 g/mol. The highest BCUT2D eigenvalue weighted by molar-refractivity contribution is 7.89. The van der Waals surface area contributed by atoms with Crippen LogP contribution in [0.1, 0.15) is 42.7 Å². The molecule has 4 rings (SSSR count). The van der Waals surface area contributed by atoms with Crippen molar-refractivity contribution in [2.45, 2.75) is 31.6 Å². The van der Waals surface area contributed by atoms with Crippen LogP contribution in [0.25, 0.3) is 10.9 Å². The minimum atomic E-state index is -3.58. The Morgan fingerprint density at radius 3 is 2.34 bits per heavy atom. The molecule has 0 unspecified atom stereocenters. The Kier molecular flexibility index (Phi) is 6.26. The number of nitrogens with zero attached hydrogens (tertiary/aromatic N) is 2. The SMILES string of the molecule is CCOc1ccc2cc(C(=O)N3CCN(S(=O)(=O)c4ccc(C(C)C)cc4)CC3)[nH]c2c1. The fourth-order valence-corrected chi connectivity index (χ4v) is 5.38. The van der Waals surface area contributed by atoms with Gasteiger partial charge in [0.05, 0.1) is 11.5 Å². The van der Waals surface area contributed by atoms with Crippen LogP contribution in [0.3, 0.4) is 0 Å². The molecule has 3 aromatic rings. The van der Waals surface area contributed by atoms with Gasteiger partial charge in [0.15, 0.2) is 0 Å². The molecule has 2 heterocycles. The number of aromatic amines is 1. The second-order valence-electron chi connectivity index (χ2n) is 8.29. The molecule has 0 aliphatic carbocycles. The van der Waals surface area contributed by atoms with Crippen molar-refractivity contribution in [3.63, 3.8) is 0 Å². The third kappa shape index (κ3) is 4.38. The van der Waals surface area contributed by atoms with E-state index in [1.165, 1.54) is 4.31 Å². The minimum absolute atomic E-state index is 0.127. The van der Waals surface area contributed by atoms with Gasteiger partial charge < -0.3 is 14.6 Å². The zero-order chi connectivity index (χ0) is 22.9. The van der Waals surface area contributed by atoms with Crippen LogP contribution in [-0.4, -0.2) is 61.3 Å². The monoisotopic (exact) mass is 455 g/mol. The number of benzene rings is 2. The van der Waals surface area contributed by atoms with E-state index in [2.05, 4.69) is 18.8 Å². The molecule has 1 saturated heterocycles. The molecular formula is C24H29N3O4S. The van der Waals surface area contributed by atoms with Crippen molar-refractivity contribution in [1.82, 2.24) is 14.2 Å². The summed E-state index contributed by atoms with van der Waals surface area (Å²) in [4.78, 5) is 18.2. The fourth-order valence-electron chi connectivity index (χ4n) is 3.95. The molecule has 1 aliphatic heterocycles. The molecule has 1 aromatic heterocycles. The third-order valence-electron chi connectivity index (χ3n) is 5.85. The number of ether oxygens (including phenoxy) is 1. The van der Waals surface area contributed by atoms with E-state index >= 15 is 0 Å². The zero-order valence-corrected chi connectivity index (χ0v) is 19.5. The largest absolute Gasteiger partial charge is 0.494 e. The minimum Gasteiger partial charge on any atom is -0.494 e. The summed E-state index contributed by atoms with van der Waals surface area (Å²) >= 11 is 0. The Bertz CT molecular complexity index is 1210. The maximum Gasteiger partial charge on any atom is 0.270 e. The van der Waals surface area contributed by atoms with Gasteiger partial charge in [-0.25, -0.2) is 8.42 Å². The molecule has 170 valence electrons. The predicted octanol–water partition coefficient (Wildman–Crippen LogP) is 3.84. The standard InChI is InChI=1S/C24H29N3O4S/c1-4-31-20-8-5-19-15-23(25-22(19)16-20)24(28)26-11-13-27(14-12-26)32(29,30)21-9-6-18(7-10-21)17(2)3/h5-10,15-17,25H,4,11-14H2,1-3H3. The van der Waals surface area contributed by atoms with E-state index in [0.717, 1.165) is 22.2 Å². The molecule has 1 amide bonds. The van der Waals surface area contributed by atoms with Gasteiger partial charge in [0.1, 0.15) is 11.4 Å². The van der Waals surface area contributed by atoms with E-state index in [0.29, 0.717) is 36.2 Å². The van der Waals surface area contributed by atoms with Crippen molar-refractivity contribution in [2.75, 3.05) is 32.8 Å². The molecule has 1 N–H and O–H groups in total. The molecule has 0 bridgehead atoms. The van der Waals surface area contributed by atoms with E-state index in [4.69, 9.17) is 4.74 Å². The topological polar surface area (TPSA) is 82.7 Å². The van der Waals surface area contributed by atoms with Crippen LogP contribution in [0.15, 0.2) is 53.4 Å². The molecule has 1 fully saturated rings. The van der Waals surface area contributed by atoms with Gasteiger partial charge in [-0.1, -0.05) is 26.0 Å². The second kappa shape index (κ2) is 8.96. The Morgan fingerprint density at radius 1 is 1.03 bits per heavy atom. The van der Waals surface area contributed by atoms with Crippen molar-refractivity contribution in [2.24, 2.45) is 0 Å². The first-order valence-corrected chi connectivity index (χ1v) is 12.4. The van der Waals surface area contributed by atoms with Gasteiger partial charge in [-0.2, -0.15) is 4.31 Å². The number of sulfonamides is 1. The number of nitrogens with one attached hydrogen (secondary N) is 1. The van der Waals surface area contributed by atoms with Gasteiger partial charge in [0.2, 0.25) is 10.0 Å². The molecule has 7 nitrogen and oxygen atoms in total. The van der Waals surface area contributed by atoms with Crippen molar-refractivity contribution in [1.29, 1.82) is 0 Å². The van der Waals surface area contributed by atoms with Crippen LogP contribution in [-0.2, 0) is 10.0 Å². The quantitative estimate of drug-likeness (QED) is 0.612. The van der Waals surface area contributed by atoms with Gasteiger partial charge in [0.25, 0.3) is 5.91 Å². The maximum absolute atomic E-state index is 13.0. The lowest BCUT2D eigenvalue weighted by Gasteiger charge is -2.33. The first-order valence-electron chi connectivity index (χ1n) is 10.9. The number of amides is 1. The highest BCUT2D eigenvalue weighted by atomic mass is 32.2. The Balaban J connectivity index is 1.43. The van der Waals surface area contributed by atoms with Gasteiger partial charge in [-0.3, -0.25) is 4.79 Å². The fraction of sp³-hybridized carbons (Fsp3) is 0.375. The third-order valence-corrected chi connectivity index (χ3v) is 7.76. The first-order chi connectivity index (χ1) is 15.3. The van der Waals surface area contributed by atoms with Crippen LogP contribution >= 0.6 is 0 Å². The number of hydrogen-bond acceptors (Lipinski definition) is 4. The van der Waals surface area contributed by atoms with Crippen LogP contribution in [0.2, 0.25) is 0 Å². The molecule has 0 atom stereocenters. The molecule has 8 heteroatoms. The summed E-state index contributed by atoms with van der Waals surface area (Å²) in [7, 11) is -3.58. The van der Waals surface area contributed by atoms with E-state index in [-0.39, 0.29) is 19.0 Å². The zero-order valence-electron chi connectivity index (χ0n) is 18.7. The Hall–Kier alpha value is -2.84. The number of carbonyl (C=O) groups is 1. The molecule has 32 heavy (non-hydrogen) atoms. The van der Waals surface area contributed by atoms with E-state index in [1.807, 2.05) is 43.3 Å². The number of carbonyl (C=O) groups excluding carboxylic acids is 1. The average Bonchev–Trinajstić information content (AvgIpc) is 3.22.